The van der Waals surface area contributed by atoms with Gasteiger partial charge in [0.1, 0.15) is 0 Å². The molecule has 1 N–H and O–H groups in total. The van der Waals surface area contributed by atoms with Crippen LogP contribution < -0.4 is 0 Å². The molecule has 1 aromatic carbocycles. The monoisotopic (exact) mass is 264 g/mol. The van der Waals surface area contributed by atoms with E-state index in [1.807, 2.05) is 11.8 Å². The number of benzene rings is 1. The van der Waals surface area contributed by atoms with Gasteiger partial charge in [-0.25, -0.2) is 0 Å². The lowest BCUT2D eigenvalue weighted by molar-refractivity contribution is -0.134. The lowest BCUT2D eigenvalue weighted by Crippen LogP contribution is -2.21. The molecule has 3 rings (SSSR count). The lowest BCUT2D eigenvalue weighted by Gasteiger charge is -2.12. The predicted molar refractivity (Wildman–Crippen MR) is 74.0 cm³/mol. The maximum Gasteiger partial charge on any atom is 0.300 e. The van der Waals surface area contributed by atoms with Crippen molar-refractivity contribution in [3.05, 3.63) is 35.9 Å². The van der Waals surface area contributed by atoms with Gasteiger partial charge in [-0.1, -0.05) is 42.1 Å². The Labute approximate surface area is 111 Å². The summed E-state index contributed by atoms with van der Waals surface area (Å²) >= 11 is 1.89. The van der Waals surface area contributed by atoms with E-state index in [0.717, 1.165) is 13.5 Å². The molecule has 4 nitrogen and oxygen atoms in total. The highest BCUT2D eigenvalue weighted by Gasteiger charge is 2.29. The van der Waals surface area contributed by atoms with Gasteiger partial charge >= 0.3 is 0 Å². The summed E-state index contributed by atoms with van der Waals surface area (Å²) in [5.74, 6) is 0.375. The zero-order chi connectivity index (χ0) is 13.0. The van der Waals surface area contributed by atoms with E-state index in [2.05, 4.69) is 35.2 Å². The normalized spacial score (nSPS) is 20.8. The van der Waals surface area contributed by atoms with Crippen LogP contribution in [-0.4, -0.2) is 40.0 Å². The van der Waals surface area contributed by atoms with Crippen LogP contribution in [0.5, 0.6) is 0 Å². The van der Waals surface area contributed by atoms with Gasteiger partial charge in [0.25, 0.3) is 5.97 Å². The molecule has 0 spiro atoms. The second-order valence-corrected chi connectivity index (χ2v) is 5.21. The van der Waals surface area contributed by atoms with Crippen LogP contribution in [0.3, 0.4) is 0 Å². The number of rotatable bonds is 1. The summed E-state index contributed by atoms with van der Waals surface area (Å²) in [4.78, 5) is 16.1. The number of nitrogens with zero attached hydrogens (tertiary/aromatic N) is 2. The fourth-order valence-electron chi connectivity index (χ4n) is 1.96. The summed E-state index contributed by atoms with van der Waals surface area (Å²) in [6.07, 6.45) is 0. The second kappa shape index (κ2) is 5.91. The summed E-state index contributed by atoms with van der Waals surface area (Å²) < 4.78 is 0. The Morgan fingerprint density at radius 1 is 1.44 bits per heavy atom. The van der Waals surface area contributed by atoms with E-state index in [9.17, 15) is 0 Å². The molecule has 0 saturated carbocycles. The second-order valence-electron chi connectivity index (χ2n) is 4.15. The zero-order valence-electron chi connectivity index (χ0n) is 10.2. The highest BCUT2D eigenvalue weighted by atomic mass is 32.2. The molecular weight excluding hydrogens is 248 g/mol. The first kappa shape index (κ1) is 13.0. The van der Waals surface area contributed by atoms with E-state index in [1.165, 1.54) is 23.0 Å². The maximum absolute atomic E-state index is 9.00. The molecule has 2 aliphatic rings. The van der Waals surface area contributed by atoms with Crippen molar-refractivity contribution in [2.45, 2.75) is 13.0 Å². The van der Waals surface area contributed by atoms with Crippen LogP contribution >= 0.6 is 11.8 Å². The number of carboxylic acids is 1. The quantitative estimate of drug-likeness (QED) is 0.845. The van der Waals surface area contributed by atoms with Crippen molar-refractivity contribution >= 4 is 22.9 Å². The highest BCUT2D eigenvalue weighted by molar-refractivity contribution is 8.14. The van der Waals surface area contributed by atoms with Crippen LogP contribution in [0, 0.1) is 0 Å². The maximum atomic E-state index is 9.00. The predicted octanol–water partition coefficient (Wildman–Crippen LogP) is 2.24. The Hall–Kier alpha value is -1.49. The first-order valence-corrected chi connectivity index (χ1v) is 6.85. The molecular formula is C13H16N2O2S. The molecule has 0 aliphatic carbocycles. The molecule has 0 bridgehead atoms. The number of hydrogen-bond donors (Lipinski definition) is 1. The first-order chi connectivity index (χ1) is 8.66. The minimum Gasteiger partial charge on any atom is -0.481 e. The van der Waals surface area contributed by atoms with Crippen molar-refractivity contribution < 1.29 is 9.90 Å². The fraction of sp³-hybridized carbons (Fsp3) is 0.385. The summed E-state index contributed by atoms with van der Waals surface area (Å²) in [6, 6.07) is 10.9. The van der Waals surface area contributed by atoms with E-state index >= 15 is 0 Å². The average molecular weight is 264 g/mol. The van der Waals surface area contributed by atoms with Crippen LogP contribution in [-0.2, 0) is 4.79 Å². The number of thioether (sulfide) groups is 1. The molecule has 96 valence electrons. The van der Waals surface area contributed by atoms with E-state index in [-0.39, 0.29) is 0 Å². The van der Waals surface area contributed by atoms with Crippen LogP contribution in [0.25, 0.3) is 0 Å². The van der Waals surface area contributed by atoms with Crippen molar-refractivity contribution in [2.24, 2.45) is 4.99 Å². The summed E-state index contributed by atoms with van der Waals surface area (Å²) in [5, 5.41) is 8.67. The molecule has 1 saturated heterocycles. The lowest BCUT2D eigenvalue weighted by atomic mass is 10.1. The summed E-state index contributed by atoms with van der Waals surface area (Å²) in [7, 11) is 0. The molecule has 2 heterocycles. The van der Waals surface area contributed by atoms with E-state index in [1.54, 1.807) is 0 Å². The third-order valence-corrected chi connectivity index (χ3v) is 3.72. The van der Waals surface area contributed by atoms with Crippen molar-refractivity contribution in [1.29, 1.82) is 0 Å². The van der Waals surface area contributed by atoms with Crippen molar-refractivity contribution in [3.8, 4) is 0 Å². The number of hydrogen-bond acceptors (Lipinski definition) is 4. The SMILES string of the molecule is CC(=O)O.c1ccc(C2CN3CCSC3=N2)cc1. The van der Waals surface area contributed by atoms with Crippen molar-refractivity contribution in [3.63, 3.8) is 0 Å². The molecule has 1 unspecified atom stereocenters. The number of amidine groups is 1. The van der Waals surface area contributed by atoms with E-state index in [4.69, 9.17) is 14.9 Å². The Bertz CT molecular complexity index is 444. The summed E-state index contributed by atoms with van der Waals surface area (Å²) in [6.45, 7) is 3.33. The Balaban J connectivity index is 0.000000267. The van der Waals surface area contributed by atoms with Crippen LogP contribution in [0.2, 0.25) is 0 Å². The molecule has 0 amide bonds. The number of carbonyl (C=O) groups is 1. The molecule has 5 heteroatoms. The van der Waals surface area contributed by atoms with Gasteiger partial charge in [-0.3, -0.25) is 9.79 Å². The third-order valence-electron chi connectivity index (χ3n) is 2.71. The minimum absolute atomic E-state index is 0.374. The van der Waals surface area contributed by atoms with Gasteiger partial charge < -0.3 is 10.0 Å². The Kier molecular flexibility index (Phi) is 4.25. The number of fused-ring (bicyclic) bond motifs is 1. The van der Waals surface area contributed by atoms with Gasteiger partial charge in [0.2, 0.25) is 0 Å². The molecule has 1 aromatic rings. The Morgan fingerprint density at radius 2 is 2.11 bits per heavy atom. The van der Waals surface area contributed by atoms with Gasteiger partial charge in [0.15, 0.2) is 5.17 Å². The molecule has 1 atom stereocenters. The number of aliphatic carboxylic acids is 1. The highest BCUT2D eigenvalue weighted by Crippen LogP contribution is 2.31. The fourth-order valence-corrected chi connectivity index (χ4v) is 3.00. The van der Waals surface area contributed by atoms with Crippen LogP contribution in [0.15, 0.2) is 35.3 Å². The topological polar surface area (TPSA) is 52.9 Å². The average Bonchev–Trinajstić information content (AvgIpc) is 2.89. The van der Waals surface area contributed by atoms with Crippen LogP contribution in [0.1, 0.15) is 18.5 Å². The number of aliphatic imine (C=N–C) groups is 1. The van der Waals surface area contributed by atoms with E-state index < -0.39 is 5.97 Å². The third kappa shape index (κ3) is 3.26. The smallest absolute Gasteiger partial charge is 0.300 e. The van der Waals surface area contributed by atoms with Gasteiger partial charge in [-0.2, -0.15) is 0 Å². The molecule has 1 fully saturated rings. The van der Waals surface area contributed by atoms with Gasteiger partial charge in [0, 0.05) is 25.8 Å². The van der Waals surface area contributed by atoms with Gasteiger partial charge in [-0.05, 0) is 5.56 Å². The largest absolute Gasteiger partial charge is 0.481 e. The molecule has 18 heavy (non-hydrogen) atoms. The van der Waals surface area contributed by atoms with E-state index in [0.29, 0.717) is 6.04 Å². The molecule has 0 radical (unpaired) electrons. The van der Waals surface area contributed by atoms with Crippen LogP contribution in [0.4, 0.5) is 0 Å². The molecule has 2 aliphatic heterocycles. The first-order valence-electron chi connectivity index (χ1n) is 5.87. The van der Waals surface area contributed by atoms with Crippen molar-refractivity contribution in [1.82, 2.24) is 4.90 Å². The van der Waals surface area contributed by atoms with Gasteiger partial charge in [0.05, 0.1) is 6.04 Å². The minimum atomic E-state index is -0.833. The van der Waals surface area contributed by atoms with Crippen molar-refractivity contribution in [2.75, 3.05) is 18.8 Å². The molecule has 0 aromatic heterocycles. The summed E-state index contributed by atoms with van der Waals surface area (Å²) in [5.41, 5.74) is 1.34. The number of carboxylic acid groups (broad SMARTS) is 1. The zero-order valence-corrected chi connectivity index (χ0v) is 11.1. The standard InChI is InChI=1S/C11H12N2S.C2H4O2/c1-2-4-9(5-3-1)10-8-13-6-7-14-11(13)12-10;1-2(3)4/h1-5,10H,6-8H2;1H3,(H,3,4). The van der Waals surface area contributed by atoms with Gasteiger partial charge in [-0.15, -0.1) is 0 Å². The Morgan fingerprint density at radius 3 is 2.72 bits per heavy atom.